The number of phenols is 1. The van der Waals surface area contributed by atoms with E-state index < -0.39 is 0 Å². The number of hydrogen-bond acceptors (Lipinski definition) is 1. The molecule has 2 aromatic carbocycles. The summed E-state index contributed by atoms with van der Waals surface area (Å²) >= 11 is 0. The first kappa shape index (κ1) is 10.9. The van der Waals surface area contributed by atoms with E-state index in [2.05, 4.69) is 42.2 Å². The Balaban J connectivity index is 2.07. The van der Waals surface area contributed by atoms with Crippen LogP contribution in [0.1, 0.15) is 12.5 Å². The zero-order chi connectivity index (χ0) is 12.5. The van der Waals surface area contributed by atoms with Gasteiger partial charge in [-0.25, -0.2) is 0 Å². The van der Waals surface area contributed by atoms with E-state index in [4.69, 9.17) is 0 Å². The SMILES string of the molecule is CCc1ccc(-c2cc3cc(O)ccc3[nH]2)cc1. The van der Waals surface area contributed by atoms with Crippen LogP contribution in [0.3, 0.4) is 0 Å². The molecule has 1 heterocycles. The summed E-state index contributed by atoms with van der Waals surface area (Å²) in [6.07, 6.45) is 1.06. The van der Waals surface area contributed by atoms with Crippen LogP contribution in [-0.2, 0) is 6.42 Å². The van der Waals surface area contributed by atoms with Gasteiger partial charge in [0.05, 0.1) is 0 Å². The quantitative estimate of drug-likeness (QED) is 0.691. The summed E-state index contributed by atoms with van der Waals surface area (Å²) < 4.78 is 0. The van der Waals surface area contributed by atoms with Crippen molar-refractivity contribution in [2.24, 2.45) is 0 Å². The molecule has 90 valence electrons. The lowest BCUT2D eigenvalue weighted by Crippen LogP contribution is -1.81. The first-order chi connectivity index (χ1) is 8.76. The molecule has 18 heavy (non-hydrogen) atoms. The minimum absolute atomic E-state index is 0.300. The number of phenolic OH excluding ortho intramolecular Hbond substituents is 1. The second-order valence-electron chi connectivity index (χ2n) is 4.51. The van der Waals surface area contributed by atoms with Gasteiger partial charge in [0, 0.05) is 16.6 Å². The van der Waals surface area contributed by atoms with Crippen molar-refractivity contribution in [3.05, 3.63) is 54.1 Å². The minimum Gasteiger partial charge on any atom is -0.508 e. The van der Waals surface area contributed by atoms with E-state index in [0.29, 0.717) is 5.75 Å². The molecule has 0 radical (unpaired) electrons. The Hall–Kier alpha value is -2.22. The summed E-state index contributed by atoms with van der Waals surface area (Å²) in [6.45, 7) is 2.15. The van der Waals surface area contributed by atoms with Crippen LogP contribution in [-0.4, -0.2) is 10.1 Å². The van der Waals surface area contributed by atoms with Crippen molar-refractivity contribution in [3.8, 4) is 17.0 Å². The van der Waals surface area contributed by atoms with Crippen molar-refractivity contribution < 1.29 is 5.11 Å². The maximum Gasteiger partial charge on any atom is 0.116 e. The molecule has 3 aromatic rings. The molecular formula is C16H15NO. The monoisotopic (exact) mass is 237 g/mol. The second kappa shape index (κ2) is 4.22. The van der Waals surface area contributed by atoms with E-state index >= 15 is 0 Å². The molecule has 1 aromatic heterocycles. The Morgan fingerprint density at radius 3 is 2.50 bits per heavy atom. The van der Waals surface area contributed by atoms with Crippen LogP contribution in [0.25, 0.3) is 22.2 Å². The van der Waals surface area contributed by atoms with Crippen LogP contribution in [0.5, 0.6) is 5.75 Å². The summed E-state index contributed by atoms with van der Waals surface area (Å²) in [4.78, 5) is 3.37. The van der Waals surface area contributed by atoms with Gasteiger partial charge in [0.25, 0.3) is 0 Å². The molecule has 0 aliphatic carbocycles. The van der Waals surface area contributed by atoms with Crippen LogP contribution in [0.15, 0.2) is 48.5 Å². The second-order valence-corrected chi connectivity index (χ2v) is 4.51. The molecule has 0 aliphatic rings. The predicted octanol–water partition coefficient (Wildman–Crippen LogP) is 4.10. The van der Waals surface area contributed by atoms with Crippen molar-refractivity contribution in [1.29, 1.82) is 0 Å². The molecule has 0 amide bonds. The van der Waals surface area contributed by atoms with Gasteiger partial charge in [0.2, 0.25) is 0 Å². The lowest BCUT2D eigenvalue weighted by atomic mass is 10.1. The molecule has 0 saturated carbocycles. The van der Waals surface area contributed by atoms with Gasteiger partial charge >= 0.3 is 0 Å². The largest absolute Gasteiger partial charge is 0.508 e. The standard InChI is InChI=1S/C16H15NO/c1-2-11-3-5-12(6-4-11)16-10-13-9-14(18)7-8-15(13)17-16/h3-10,17-18H,2H2,1H3. The van der Waals surface area contributed by atoms with Crippen molar-refractivity contribution in [3.63, 3.8) is 0 Å². The van der Waals surface area contributed by atoms with Gasteiger partial charge in [-0.15, -0.1) is 0 Å². The van der Waals surface area contributed by atoms with Gasteiger partial charge in [0.15, 0.2) is 0 Å². The van der Waals surface area contributed by atoms with Crippen LogP contribution >= 0.6 is 0 Å². The summed E-state index contributed by atoms with van der Waals surface area (Å²) in [6, 6.07) is 16.0. The highest BCUT2D eigenvalue weighted by Gasteiger charge is 2.03. The highest BCUT2D eigenvalue weighted by Crippen LogP contribution is 2.26. The fraction of sp³-hybridized carbons (Fsp3) is 0.125. The molecule has 2 N–H and O–H groups in total. The average Bonchev–Trinajstić information content (AvgIpc) is 2.81. The number of hydrogen-bond donors (Lipinski definition) is 2. The molecule has 0 fully saturated rings. The van der Waals surface area contributed by atoms with Crippen LogP contribution in [0.4, 0.5) is 0 Å². The first-order valence-corrected chi connectivity index (χ1v) is 6.17. The third-order valence-corrected chi connectivity index (χ3v) is 3.28. The Morgan fingerprint density at radius 2 is 1.78 bits per heavy atom. The fourth-order valence-corrected chi connectivity index (χ4v) is 2.20. The number of nitrogens with one attached hydrogen (secondary N) is 1. The molecule has 0 atom stereocenters. The number of rotatable bonds is 2. The van der Waals surface area contributed by atoms with Crippen molar-refractivity contribution >= 4 is 10.9 Å². The number of benzene rings is 2. The lowest BCUT2D eigenvalue weighted by Gasteiger charge is -1.99. The molecule has 2 heteroatoms. The van der Waals surface area contributed by atoms with Gasteiger partial charge in [0.1, 0.15) is 5.75 Å². The van der Waals surface area contributed by atoms with Crippen LogP contribution in [0, 0.1) is 0 Å². The van der Waals surface area contributed by atoms with Gasteiger partial charge in [-0.2, -0.15) is 0 Å². The smallest absolute Gasteiger partial charge is 0.116 e. The number of fused-ring (bicyclic) bond motifs is 1. The zero-order valence-corrected chi connectivity index (χ0v) is 10.3. The maximum absolute atomic E-state index is 9.46. The van der Waals surface area contributed by atoms with E-state index in [0.717, 1.165) is 23.0 Å². The van der Waals surface area contributed by atoms with Gasteiger partial charge in [-0.05, 0) is 41.8 Å². The molecule has 0 aliphatic heterocycles. The average molecular weight is 237 g/mol. The summed E-state index contributed by atoms with van der Waals surface area (Å²) in [7, 11) is 0. The van der Waals surface area contributed by atoms with E-state index in [1.165, 1.54) is 11.1 Å². The van der Waals surface area contributed by atoms with Crippen molar-refractivity contribution in [1.82, 2.24) is 4.98 Å². The van der Waals surface area contributed by atoms with Crippen LogP contribution in [0.2, 0.25) is 0 Å². The number of aromatic hydroxyl groups is 1. The normalized spacial score (nSPS) is 10.9. The molecule has 0 unspecified atom stereocenters. The van der Waals surface area contributed by atoms with E-state index in [-0.39, 0.29) is 0 Å². The first-order valence-electron chi connectivity index (χ1n) is 6.17. The molecule has 2 nitrogen and oxygen atoms in total. The highest BCUT2D eigenvalue weighted by molar-refractivity contribution is 5.86. The van der Waals surface area contributed by atoms with E-state index in [1.807, 2.05) is 6.07 Å². The lowest BCUT2D eigenvalue weighted by molar-refractivity contribution is 0.476. The molecular weight excluding hydrogens is 222 g/mol. The summed E-state index contributed by atoms with van der Waals surface area (Å²) in [5.74, 6) is 0.300. The fourth-order valence-electron chi connectivity index (χ4n) is 2.20. The number of aryl methyl sites for hydroxylation is 1. The maximum atomic E-state index is 9.46. The molecule has 0 bridgehead atoms. The van der Waals surface area contributed by atoms with Crippen molar-refractivity contribution in [2.75, 3.05) is 0 Å². The highest BCUT2D eigenvalue weighted by atomic mass is 16.3. The van der Waals surface area contributed by atoms with Crippen LogP contribution < -0.4 is 0 Å². The Bertz CT molecular complexity index is 680. The van der Waals surface area contributed by atoms with Gasteiger partial charge < -0.3 is 10.1 Å². The minimum atomic E-state index is 0.300. The number of aromatic nitrogens is 1. The van der Waals surface area contributed by atoms with Gasteiger partial charge in [-0.3, -0.25) is 0 Å². The zero-order valence-electron chi connectivity index (χ0n) is 10.3. The molecule has 0 spiro atoms. The molecule has 3 rings (SSSR count). The summed E-state index contributed by atoms with van der Waals surface area (Å²) in [5, 5.41) is 10.5. The number of H-pyrrole nitrogens is 1. The number of aromatic amines is 1. The topological polar surface area (TPSA) is 36.0 Å². The van der Waals surface area contributed by atoms with E-state index in [9.17, 15) is 5.11 Å². The Kier molecular flexibility index (Phi) is 2.56. The third-order valence-electron chi connectivity index (χ3n) is 3.28. The third kappa shape index (κ3) is 1.86. The summed E-state index contributed by atoms with van der Waals surface area (Å²) in [5.41, 5.74) is 4.64. The predicted molar refractivity (Wildman–Crippen MR) is 74.8 cm³/mol. The Morgan fingerprint density at radius 1 is 1.00 bits per heavy atom. The van der Waals surface area contributed by atoms with Gasteiger partial charge in [-0.1, -0.05) is 31.2 Å². The molecule has 0 saturated heterocycles. The van der Waals surface area contributed by atoms with E-state index in [1.54, 1.807) is 12.1 Å². The Labute approximate surface area is 106 Å². The van der Waals surface area contributed by atoms with Crippen molar-refractivity contribution in [2.45, 2.75) is 13.3 Å².